The van der Waals surface area contributed by atoms with Gasteiger partial charge in [-0.25, -0.2) is 4.98 Å². The van der Waals surface area contributed by atoms with Crippen molar-refractivity contribution in [2.75, 3.05) is 42.7 Å². The maximum absolute atomic E-state index is 12.6. The summed E-state index contributed by atoms with van der Waals surface area (Å²) < 4.78 is 41.2. The average Bonchev–Trinajstić information content (AvgIpc) is 3.08. The zero-order chi connectivity index (χ0) is 23.4. The number of nitrogens with one attached hydrogen (secondary N) is 1. The van der Waals surface area contributed by atoms with Crippen molar-refractivity contribution in [3.63, 3.8) is 0 Å². The van der Waals surface area contributed by atoms with Gasteiger partial charge in [-0.2, -0.15) is 4.98 Å². The fraction of sp³-hybridized carbons (Fsp3) is 0.524. The van der Waals surface area contributed by atoms with Gasteiger partial charge in [0, 0.05) is 18.5 Å². The highest BCUT2D eigenvalue weighted by atomic mass is 35.5. The van der Waals surface area contributed by atoms with E-state index in [9.17, 15) is 9.66 Å². The molecule has 1 saturated heterocycles. The highest BCUT2D eigenvalue weighted by Gasteiger charge is 2.47. The number of aliphatic hydroxyl groups is 1. The van der Waals surface area contributed by atoms with Gasteiger partial charge in [0.2, 0.25) is 10.8 Å². The van der Waals surface area contributed by atoms with Gasteiger partial charge in [-0.1, -0.05) is 23.7 Å². The Morgan fingerprint density at radius 2 is 2.10 bits per heavy atom. The molecule has 0 unspecified atom stereocenters. The number of methoxy groups -OCH3 is 1. The highest BCUT2D eigenvalue weighted by Crippen LogP contribution is 2.42. The van der Waals surface area contributed by atoms with E-state index in [1.165, 1.54) is 0 Å². The summed E-state index contributed by atoms with van der Waals surface area (Å²) in [6.07, 6.45) is 3.24. The summed E-state index contributed by atoms with van der Waals surface area (Å²) in [4.78, 5) is 11.8. The van der Waals surface area contributed by atoms with Gasteiger partial charge < -0.3 is 24.6 Å². The Hall–Kier alpha value is -1.58. The largest absolute Gasteiger partial charge is 0.611 e. The lowest BCUT2D eigenvalue weighted by molar-refractivity contribution is -0.0390. The van der Waals surface area contributed by atoms with Crippen LogP contribution in [-0.2, 0) is 27.9 Å². The Bertz CT molecular complexity index is 1040. The van der Waals surface area contributed by atoms with Gasteiger partial charge in [-0.3, -0.25) is 0 Å². The molecule has 3 heterocycles. The molecule has 0 bridgehead atoms. The van der Waals surface area contributed by atoms with Crippen molar-refractivity contribution in [3.05, 3.63) is 40.5 Å². The number of aliphatic hydroxyl groups excluding tert-OH is 1. The van der Waals surface area contributed by atoms with Crippen molar-refractivity contribution in [3.8, 4) is 0 Å². The molecule has 9 heteroatoms. The van der Waals surface area contributed by atoms with Crippen LogP contribution < -0.4 is 10.2 Å². The Kier molecular flexibility index (Phi) is 4.27. The van der Waals surface area contributed by atoms with Gasteiger partial charge in [0.15, 0.2) is 5.82 Å². The third-order valence-electron chi connectivity index (χ3n) is 6.41. The summed E-state index contributed by atoms with van der Waals surface area (Å²) in [6.45, 7) is 0.475. The molecule has 1 aromatic heterocycles. The molecule has 2 aromatic rings. The zero-order valence-electron chi connectivity index (χ0n) is 19.4. The maximum Gasteiger partial charge on any atom is 0.228 e. The predicted octanol–water partition coefficient (Wildman–Crippen LogP) is 2.48. The molecule has 0 radical (unpaired) electrons. The van der Waals surface area contributed by atoms with Crippen LogP contribution in [0.25, 0.3) is 0 Å². The number of hydrogen-bond acceptors (Lipinski definition) is 7. The van der Waals surface area contributed by atoms with Crippen LogP contribution in [0.3, 0.4) is 0 Å². The average molecular weight is 452 g/mol. The molecule has 0 spiro atoms. The topological polar surface area (TPSA) is 93.6 Å². The van der Waals surface area contributed by atoms with Crippen LogP contribution in [0.5, 0.6) is 0 Å². The Morgan fingerprint density at radius 1 is 1.33 bits per heavy atom. The number of rotatable bonds is 6. The molecule has 1 aliphatic carbocycles. The van der Waals surface area contributed by atoms with Gasteiger partial charge in [0.05, 0.1) is 29.3 Å². The minimum absolute atomic E-state index is 0.0242. The van der Waals surface area contributed by atoms with Crippen LogP contribution in [0, 0.1) is 0 Å². The predicted molar refractivity (Wildman–Crippen MR) is 117 cm³/mol. The second-order valence-corrected chi connectivity index (χ2v) is 10.3. The molecule has 3 aliphatic rings. The Balaban J connectivity index is 1.45. The van der Waals surface area contributed by atoms with E-state index in [-0.39, 0.29) is 19.7 Å². The molecule has 2 N–H and O–H groups in total. The number of benzene rings is 1. The summed E-state index contributed by atoms with van der Waals surface area (Å²) >= 11 is 4.82. The molecule has 0 amide bonds. The summed E-state index contributed by atoms with van der Waals surface area (Å²) in [5.41, 5.74) is -0.0458. The Morgan fingerprint density at radius 3 is 2.73 bits per heavy atom. The van der Waals surface area contributed by atoms with Crippen LogP contribution in [-0.4, -0.2) is 57.7 Å². The van der Waals surface area contributed by atoms with Crippen molar-refractivity contribution >= 4 is 34.5 Å². The lowest BCUT2D eigenvalue weighted by Crippen LogP contribution is -2.61. The smallest absolute Gasteiger partial charge is 0.228 e. The van der Waals surface area contributed by atoms with Gasteiger partial charge in [-0.05, 0) is 48.1 Å². The van der Waals surface area contributed by atoms with Crippen LogP contribution >= 0.6 is 11.6 Å². The van der Waals surface area contributed by atoms with Gasteiger partial charge in [-0.15, -0.1) is 0 Å². The van der Waals surface area contributed by atoms with E-state index in [1.807, 2.05) is 4.90 Å². The molecule has 160 valence electrons. The number of halogens is 1. The molecule has 5 rings (SSSR count). The lowest BCUT2D eigenvalue weighted by atomic mass is 9.77. The molecule has 30 heavy (non-hydrogen) atoms. The minimum Gasteiger partial charge on any atom is -0.611 e. The fourth-order valence-electron chi connectivity index (χ4n) is 4.36. The molecular formula is C21H25ClN4O3S. The van der Waals surface area contributed by atoms with Crippen LogP contribution in [0.1, 0.15) is 34.6 Å². The SMILES string of the molecule is [2H]C([2H])([2H])OC1(c2ccc(Cl)cc2)CN(c2nc3c(c(NC4(CO)CCC4)n2)[S@+]([O-])CC3)C1. The Labute approximate surface area is 188 Å². The number of aromatic nitrogens is 2. The van der Waals surface area contributed by atoms with Crippen LogP contribution in [0.15, 0.2) is 29.2 Å². The normalized spacial score (nSPS) is 25.4. The van der Waals surface area contributed by atoms with Crippen molar-refractivity contribution in [2.45, 2.75) is 41.7 Å². The molecular weight excluding hydrogens is 424 g/mol. The third-order valence-corrected chi connectivity index (χ3v) is 8.13. The van der Waals surface area contributed by atoms with Gasteiger partial charge >= 0.3 is 0 Å². The summed E-state index contributed by atoms with van der Waals surface area (Å²) in [5, 5.41) is 13.8. The second kappa shape index (κ2) is 7.53. The van der Waals surface area contributed by atoms with Crippen LogP contribution in [0.2, 0.25) is 5.02 Å². The van der Waals surface area contributed by atoms with Crippen LogP contribution in [0.4, 0.5) is 11.8 Å². The summed E-state index contributed by atoms with van der Waals surface area (Å²) in [5.74, 6) is 1.42. The molecule has 1 aromatic carbocycles. The maximum atomic E-state index is 12.6. The third kappa shape index (κ3) is 3.26. The van der Waals surface area contributed by atoms with Gasteiger partial charge in [0.1, 0.15) is 17.0 Å². The molecule has 1 atom stereocenters. The number of ether oxygens (including phenoxy) is 1. The van der Waals surface area contributed by atoms with E-state index in [0.29, 0.717) is 39.4 Å². The first-order valence-electron chi connectivity index (χ1n) is 11.5. The molecule has 2 aliphatic heterocycles. The lowest BCUT2D eigenvalue weighted by Gasteiger charge is -2.49. The number of anilines is 2. The number of aryl methyl sites for hydroxylation is 1. The quantitative estimate of drug-likeness (QED) is 0.651. The second-order valence-electron chi connectivity index (χ2n) is 8.32. The monoisotopic (exact) mass is 451 g/mol. The summed E-state index contributed by atoms with van der Waals surface area (Å²) in [7, 11) is -2.58. The summed E-state index contributed by atoms with van der Waals surface area (Å²) in [6, 6.07) is 6.96. The van der Waals surface area contributed by atoms with E-state index in [0.717, 1.165) is 25.0 Å². The van der Waals surface area contributed by atoms with Crippen molar-refractivity contribution < 1.29 is 18.5 Å². The molecule has 7 nitrogen and oxygen atoms in total. The first-order valence-corrected chi connectivity index (χ1v) is 11.7. The fourth-order valence-corrected chi connectivity index (χ4v) is 5.79. The van der Waals surface area contributed by atoms with E-state index in [2.05, 4.69) is 15.3 Å². The molecule has 1 saturated carbocycles. The standard InChI is InChI=1S/C21H25ClN4O3S/c1-29-21(14-3-5-15(22)6-4-14)11-26(12-21)19-23-16-7-10-30(28)17(16)18(24-19)25-20(13-27)8-2-9-20/h3-6,27H,2,7-13H2,1H3,(H,23,24,25)/t30-/m1/s1/i1D3. The van der Waals surface area contributed by atoms with Gasteiger partial charge in [0.25, 0.3) is 0 Å². The molecule has 2 fully saturated rings. The minimum atomic E-state index is -2.58. The van der Waals surface area contributed by atoms with Crippen molar-refractivity contribution in [1.82, 2.24) is 9.97 Å². The highest BCUT2D eigenvalue weighted by molar-refractivity contribution is 7.91. The van der Waals surface area contributed by atoms with E-state index in [1.54, 1.807) is 24.3 Å². The van der Waals surface area contributed by atoms with Crippen molar-refractivity contribution in [2.24, 2.45) is 0 Å². The van der Waals surface area contributed by atoms with Crippen molar-refractivity contribution in [1.29, 1.82) is 0 Å². The number of hydrogen-bond donors (Lipinski definition) is 2. The van der Waals surface area contributed by atoms with E-state index in [4.69, 9.17) is 20.5 Å². The number of fused-ring (bicyclic) bond motifs is 1. The zero-order valence-corrected chi connectivity index (χ0v) is 17.9. The first-order chi connectivity index (χ1) is 15.6. The first kappa shape index (κ1) is 17.0. The number of nitrogens with zero attached hydrogens (tertiary/aromatic N) is 3. The van der Waals surface area contributed by atoms with E-state index < -0.39 is 29.4 Å². The van der Waals surface area contributed by atoms with E-state index >= 15 is 0 Å².